The standard InChI is InChI=1S/C34H40F2N4O6S/c1-22(41)40(47(3,44)45)29-5-6-32-30(19-29)31(20-37-32)25-8-12-38(13-9-25)33(21-46-23(2)42)26-10-14-39(15-11-26)34(43)7-4-24-16-27(35)18-28(36)17-24/h4-7,16-20,25-26,33,37H,8-15,21H2,1-3H3/b7-4+. The summed E-state index contributed by atoms with van der Waals surface area (Å²) < 4.78 is 58.0. The second-order valence-corrected chi connectivity index (χ2v) is 14.2. The third-order valence-corrected chi connectivity index (χ3v) is 10.3. The van der Waals surface area contributed by atoms with Crippen LogP contribution in [0.15, 0.2) is 48.7 Å². The molecule has 0 spiro atoms. The summed E-state index contributed by atoms with van der Waals surface area (Å²) in [5.41, 5.74) is 2.50. The van der Waals surface area contributed by atoms with Crippen LogP contribution >= 0.6 is 0 Å². The van der Waals surface area contributed by atoms with Crippen LogP contribution in [-0.4, -0.2) is 86.1 Å². The molecule has 1 unspecified atom stereocenters. The van der Waals surface area contributed by atoms with E-state index in [1.54, 1.807) is 23.1 Å². The molecule has 2 aliphatic heterocycles. The molecule has 0 bridgehead atoms. The van der Waals surface area contributed by atoms with Crippen molar-refractivity contribution in [3.8, 4) is 0 Å². The number of H-pyrrole nitrogens is 1. The van der Waals surface area contributed by atoms with Crippen molar-refractivity contribution in [1.29, 1.82) is 0 Å². The summed E-state index contributed by atoms with van der Waals surface area (Å²) in [4.78, 5) is 44.2. The van der Waals surface area contributed by atoms with Crippen LogP contribution in [-0.2, 0) is 29.1 Å². The van der Waals surface area contributed by atoms with Crippen LogP contribution in [0.2, 0.25) is 0 Å². The number of rotatable bonds is 9. The first-order valence-electron chi connectivity index (χ1n) is 15.7. The van der Waals surface area contributed by atoms with Gasteiger partial charge in [-0.3, -0.25) is 19.3 Å². The van der Waals surface area contributed by atoms with Crippen molar-refractivity contribution in [3.63, 3.8) is 0 Å². The number of hydrogen-bond donors (Lipinski definition) is 1. The second-order valence-electron chi connectivity index (χ2n) is 12.4. The number of carbonyl (C=O) groups is 3. The van der Waals surface area contributed by atoms with Gasteiger partial charge in [-0.15, -0.1) is 0 Å². The van der Waals surface area contributed by atoms with E-state index >= 15 is 0 Å². The van der Waals surface area contributed by atoms with Crippen LogP contribution in [0.3, 0.4) is 0 Å². The molecule has 3 heterocycles. The van der Waals surface area contributed by atoms with Crippen LogP contribution in [0, 0.1) is 17.6 Å². The van der Waals surface area contributed by atoms with Gasteiger partial charge in [0.05, 0.1) is 11.9 Å². The summed E-state index contributed by atoms with van der Waals surface area (Å²) in [6.07, 6.45) is 8.82. The Balaban J connectivity index is 1.24. The Labute approximate surface area is 273 Å². The van der Waals surface area contributed by atoms with Gasteiger partial charge in [0.1, 0.15) is 18.2 Å². The molecule has 1 atom stereocenters. The number of carbonyl (C=O) groups excluding carboxylic acids is 3. The number of hydrogen-bond acceptors (Lipinski definition) is 7. The molecule has 13 heteroatoms. The van der Waals surface area contributed by atoms with Gasteiger partial charge in [-0.05, 0) is 98.1 Å². The molecule has 252 valence electrons. The molecule has 1 N–H and O–H groups in total. The van der Waals surface area contributed by atoms with E-state index in [0.717, 1.165) is 71.9 Å². The average Bonchev–Trinajstić information content (AvgIpc) is 3.42. The lowest BCUT2D eigenvalue weighted by Gasteiger charge is -2.43. The third kappa shape index (κ3) is 8.25. The van der Waals surface area contributed by atoms with E-state index in [0.29, 0.717) is 18.8 Å². The highest BCUT2D eigenvalue weighted by Gasteiger charge is 2.35. The van der Waals surface area contributed by atoms with Gasteiger partial charge in [0.15, 0.2) is 0 Å². The number of anilines is 1. The second kappa shape index (κ2) is 14.3. The van der Waals surface area contributed by atoms with Crippen LogP contribution in [0.25, 0.3) is 17.0 Å². The molecule has 0 radical (unpaired) electrons. The number of esters is 1. The van der Waals surface area contributed by atoms with Crippen molar-refractivity contribution < 1.29 is 36.3 Å². The molecule has 1 aromatic heterocycles. The zero-order valence-corrected chi connectivity index (χ0v) is 27.6. The van der Waals surface area contributed by atoms with E-state index in [1.165, 1.54) is 38.1 Å². The number of ether oxygens (including phenoxy) is 1. The number of aromatic nitrogens is 1. The Bertz CT molecular complexity index is 1760. The van der Waals surface area contributed by atoms with Crippen molar-refractivity contribution in [2.45, 2.75) is 51.5 Å². The Morgan fingerprint density at radius 3 is 2.26 bits per heavy atom. The summed E-state index contributed by atoms with van der Waals surface area (Å²) in [5, 5.41) is 0.876. The monoisotopic (exact) mass is 670 g/mol. The minimum atomic E-state index is -3.79. The Morgan fingerprint density at radius 1 is 1.00 bits per heavy atom. The normalized spacial score (nSPS) is 17.7. The number of fused-ring (bicyclic) bond motifs is 1. The number of aromatic amines is 1. The molecule has 0 aliphatic carbocycles. The molecule has 2 fully saturated rings. The van der Waals surface area contributed by atoms with Gasteiger partial charge in [0.2, 0.25) is 21.8 Å². The van der Waals surface area contributed by atoms with E-state index in [9.17, 15) is 31.6 Å². The van der Waals surface area contributed by atoms with Crippen molar-refractivity contribution in [2.24, 2.45) is 5.92 Å². The Morgan fingerprint density at radius 2 is 1.66 bits per heavy atom. The smallest absolute Gasteiger partial charge is 0.302 e. The van der Waals surface area contributed by atoms with Crippen molar-refractivity contribution in [2.75, 3.05) is 43.3 Å². The fraction of sp³-hybridized carbons (Fsp3) is 0.441. The molecular weight excluding hydrogens is 630 g/mol. The largest absolute Gasteiger partial charge is 0.464 e. The summed E-state index contributed by atoms with van der Waals surface area (Å²) in [6.45, 7) is 5.43. The fourth-order valence-electron chi connectivity index (χ4n) is 6.93. The van der Waals surface area contributed by atoms with Crippen molar-refractivity contribution in [1.82, 2.24) is 14.8 Å². The van der Waals surface area contributed by atoms with Gasteiger partial charge in [0, 0.05) is 62.2 Å². The van der Waals surface area contributed by atoms with Crippen molar-refractivity contribution in [3.05, 3.63) is 71.4 Å². The zero-order valence-electron chi connectivity index (χ0n) is 26.7. The minimum Gasteiger partial charge on any atom is -0.464 e. The number of sulfonamides is 1. The van der Waals surface area contributed by atoms with Gasteiger partial charge >= 0.3 is 5.97 Å². The molecule has 3 aromatic rings. The van der Waals surface area contributed by atoms with Crippen molar-refractivity contribution >= 4 is 50.5 Å². The first-order chi connectivity index (χ1) is 22.3. The van der Waals surface area contributed by atoms with E-state index < -0.39 is 27.6 Å². The molecule has 10 nitrogen and oxygen atoms in total. The SMILES string of the molecule is CC(=O)OCC(C1CCN(C(=O)/C=C/c2cc(F)cc(F)c2)CC1)N1CCC(c2c[nH]c3ccc(N(C(C)=O)S(C)(=O)=O)cc23)CC1. The predicted octanol–water partition coefficient (Wildman–Crippen LogP) is 4.82. The fourth-order valence-corrected chi connectivity index (χ4v) is 7.90. The Hall–Kier alpha value is -4.10. The molecule has 2 aliphatic rings. The maximum Gasteiger partial charge on any atom is 0.302 e. The van der Waals surface area contributed by atoms with E-state index in [1.807, 2.05) is 6.20 Å². The lowest BCUT2D eigenvalue weighted by molar-refractivity contribution is -0.144. The van der Waals surface area contributed by atoms with Gasteiger partial charge in [-0.2, -0.15) is 0 Å². The maximum atomic E-state index is 13.5. The third-order valence-electron chi connectivity index (χ3n) is 9.14. The Kier molecular flexibility index (Phi) is 10.5. The summed E-state index contributed by atoms with van der Waals surface area (Å²) in [5.74, 6) is -2.17. The summed E-state index contributed by atoms with van der Waals surface area (Å²) >= 11 is 0. The molecule has 2 aromatic carbocycles. The average molecular weight is 671 g/mol. The highest BCUT2D eigenvalue weighted by molar-refractivity contribution is 7.92. The van der Waals surface area contributed by atoms with Gasteiger partial charge in [-0.1, -0.05) is 0 Å². The van der Waals surface area contributed by atoms with Gasteiger partial charge < -0.3 is 14.6 Å². The first kappa shape index (κ1) is 34.2. The van der Waals surface area contributed by atoms with Crippen LogP contribution in [0.4, 0.5) is 14.5 Å². The predicted molar refractivity (Wildman–Crippen MR) is 175 cm³/mol. The van der Waals surface area contributed by atoms with E-state index in [2.05, 4.69) is 9.88 Å². The topological polar surface area (TPSA) is 120 Å². The lowest BCUT2D eigenvalue weighted by atomic mass is 9.84. The molecule has 47 heavy (non-hydrogen) atoms. The number of amides is 2. The first-order valence-corrected chi connectivity index (χ1v) is 17.6. The number of nitrogens with zero attached hydrogens (tertiary/aromatic N) is 3. The highest BCUT2D eigenvalue weighted by Crippen LogP contribution is 2.37. The minimum absolute atomic E-state index is 0.0172. The van der Waals surface area contributed by atoms with E-state index in [4.69, 9.17) is 4.74 Å². The van der Waals surface area contributed by atoms with Gasteiger partial charge in [-0.25, -0.2) is 21.5 Å². The van der Waals surface area contributed by atoms with Crippen LogP contribution in [0.5, 0.6) is 0 Å². The molecule has 0 saturated carbocycles. The molecule has 2 amide bonds. The zero-order chi connectivity index (χ0) is 33.9. The molecule has 2 saturated heterocycles. The van der Waals surface area contributed by atoms with E-state index in [-0.39, 0.29) is 41.9 Å². The number of nitrogens with one attached hydrogen (secondary N) is 1. The van der Waals surface area contributed by atoms with Crippen LogP contribution < -0.4 is 4.31 Å². The van der Waals surface area contributed by atoms with Gasteiger partial charge in [0.25, 0.3) is 0 Å². The lowest BCUT2D eigenvalue weighted by Crippen LogP contribution is -2.51. The molecular formula is C34H40F2N4O6S. The highest BCUT2D eigenvalue weighted by atomic mass is 32.2. The van der Waals surface area contributed by atoms with Crippen LogP contribution in [0.1, 0.15) is 56.6 Å². The summed E-state index contributed by atoms with van der Waals surface area (Å²) in [7, 11) is -3.79. The summed E-state index contributed by atoms with van der Waals surface area (Å²) in [6, 6.07) is 8.25. The quantitative estimate of drug-likeness (QED) is 0.256. The maximum absolute atomic E-state index is 13.5. The molecule has 5 rings (SSSR count). The number of benzene rings is 2. The number of likely N-dealkylation sites (tertiary alicyclic amines) is 2. The number of halogens is 2. The number of piperidine rings is 2.